The smallest absolute Gasteiger partial charge is 0.261 e. The molecule has 3 N–H and O–H groups in total. The van der Waals surface area contributed by atoms with E-state index >= 15 is 0 Å². The van der Waals surface area contributed by atoms with Gasteiger partial charge in [0.2, 0.25) is 6.29 Å². The maximum Gasteiger partial charge on any atom is 0.261 e. The predicted octanol–water partition coefficient (Wildman–Crippen LogP) is 2.45. The van der Waals surface area contributed by atoms with E-state index in [-0.39, 0.29) is 11.6 Å². The van der Waals surface area contributed by atoms with Gasteiger partial charge in [-0.25, -0.2) is 0 Å². The van der Waals surface area contributed by atoms with Crippen LogP contribution < -0.4 is 15.1 Å². The first-order chi connectivity index (χ1) is 16.7. The average Bonchev–Trinajstić information content (AvgIpc) is 2.86. The molecule has 1 heterocycles. The highest BCUT2D eigenvalue weighted by atomic mass is 28.4. The van der Waals surface area contributed by atoms with Crippen molar-refractivity contribution >= 4 is 18.7 Å². The van der Waals surface area contributed by atoms with Gasteiger partial charge in [0.25, 0.3) is 8.32 Å². The van der Waals surface area contributed by atoms with Crippen LogP contribution in [0.3, 0.4) is 0 Å². The molecule has 0 saturated carbocycles. The summed E-state index contributed by atoms with van der Waals surface area (Å²) in [6, 6.07) is 29.3. The van der Waals surface area contributed by atoms with Crippen LogP contribution in [0.15, 0.2) is 91.0 Å². The molecule has 1 saturated heterocycles. The van der Waals surface area contributed by atoms with Crippen LogP contribution in [0.2, 0.25) is 5.04 Å². The van der Waals surface area contributed by atoms with E-state index in [1.165, 1.54) is 0 Å². The quantitative estimate of drug-likeness (QED) is 0.438. The third-order valence-electron chi connectivity index (χ3n) is 6.54. The number of benzene rings is 3. The molecule has 4 rings (SSSR count). The molecule has 1 aliphatic heterocycles. The van der Waals surface area contributed by atoms with E-state index in [2.05, 4.69) is 45.0 Å². The van der Waals surface area contributed by atoms with Crippen molar-refractivity contribution in [1.82, 2.24) is 0 Å². The first-order valence-corrected chi connectivity index (χ1v) is 13.8. The lowest BCUT2D eigenvalue weighted by atomic mass is 9.99. The molecule has 3 aromatic carbocycles. The lowest BCUT2D eigenvalue weighted by molar-refractivity contribution is -0.276. The van der Waals surface area contributed by atoms with Gasteiger partial charge in [-0.15, -0.1) is 0 Å². The molecule has 35 heavy (non-hydrogen) atoms. The van der Waals surface area contributed by atoms with Gasteiger partial charge in [-0.3, -0.25) is 0 Å². The van der Waals surface area contributed by atoms with Crippen LogP contribution in [0, 0.1) is 0 Å². The number of aliphatic hydroxyl groups is 3. The molecule has 0 amide bonds. The second-order valence-electron chi connectivity index (χ2n) is 9.92. The van der Waals surface area contributed by atoms with E-state index < -0.39 is 39.0 Å². The van der Waals surface area contributed by atoms with Gasteiger partial charge in [-0.05, 0) is 27.5 Å². The molecule has 3 aromatic rings. The number of rotatable bonds is 7. The third kappa shape index (κ3) is 5.21. The lowest BCUT2D eigenvalue weighted by Crippen LogP contribution is -2.68. The standard InChI is InChI=1S/C28H34O6Si/c1-28(2,3)35(21-15-9-5-10-16-21,22-17-11-6-12-18-22)32-19-23-24(29)25(30)26(31)27(34-23)33-20-13-7-4-8-14-20/h4-18,23-27,29-31H,19H2,1-3H3/t23-,24-,25+,26-,27+/m1/s1. The molecule has 0 aromatic heterocycles. The zero-order chi connectivity index (χ0) is 25.1. The van der Waals surface area contributed by atoms with Gasteiger partial charge in [0.05, 0.1) is 6.61 Å². The molecule has 0 spiro atoms. The minimum Gasteiger partial charge on any atom is -0.462 e. The summed E-state index contributed by atoms with van der Waals surface area (Å²) in [5.74, 6) is 0.492. The summed E-state index contributed by atoms with van der Waals surface area (Å²) < 4.78 is 18.6. The Morgan fingerprint density at radius 3 is 1.69 bits per heavy atom. The van der Waals surface area contributed by atoms with Crippen molar-refractivity contribution in [2.45, 2.75) is 56.5 Å². The normalized spacial score (nSPS) is 25.3. The van der Waals surface area contributed by atoms with E-state index in [0.29, 0.717) is 5.75 Å². The number of para-hydroxylation sites is 1. The Balaban J connectivity index is 1.65. The van der Waals surface area contributed by atoms with Gasteiger partial charge in [0.15, 0.2) is 0 Å². The second-order valence-corrected chi connectivity index (χ2v) is 14.2. The second kappa shape index (κ2) is 10.6. The van der Waals surface area contributed by atoms with E-state index in [1.807, 2.05) is 42.5 Å². The first-order valence-electron chi connectivity index (χ1n) is 11.9. The van der Waals surface area contributed by atoms with Gasteiger partial charge in [0.1, 0.15) is 30.2 Å². The summed E-state index contributed by atoms with van der Waals surface area (Å²) in [5, 5.41) is 33.8. The maximum absolute atomic E-state index is 10.8. The van der Waals surface area contributed by atoms with Crippen molar-refractivity contribution in [3.05, 3.63) is 91.0 Å². The topological polar surface area (TPSA) is 88.4 Å². The molecule has 7 heteroatoms. The molecule has 1 aliphatic rings. The molecule has 0 bridgehead atoms. The molecular weight excluding hydrogens is 460 g/mol. The highest BCUT2D eigenvalue weighted by Gasteiger charge is 2.52. The van der Waals surface area contributed by atoms with Gasteiger partial charge in [-0.1, -0.05) is 99.6 Å². The molecule has 0 radical (unpaired) electrons. The van der Waals surface area contributed by atoms with Crippen LogP contribution in [0.5, 0.6) is 5.75 Å². The molecule has 1 fully saturated rings. The van der Waals surface area contributed by atoms with Gasteiger partial charge in [0, 0.05) is 0 Å². The Hall–Kier alpha value is -2.52. The van der Waals surface area contributed by atoms with Gasteiger partial charge in [-0.2, -0.15) is 0 Å². The maximum atomic E-state index is 10.8. The van der Waals surface area contributed by atoms with E-state index in [9.17, 15) is 15.3 Å². The molecule has 0 unspecified atom stereocenters. The first kappa shape index (κ1) is 25.6. The molecular formula is C28H34O6Si. The number of aliphatic hydroxyl groups excluding tert-OH is 3. The van der Waals surface area contributed by atoms with E-state index in [4.69, 9.17) is 13.9 Å². The number of hydrogen-bond acceptors (Lipinski definition) is 6. The van der Waals surface area contributed by atoms with E-state index in [0.717, 1.165) is 10.4 Å². The molecule has 6 nitrogen and oxygen atoms in total. The van der Waals surface area contributed by atoms with E-state index in [1.54, 1.807) is 24.3 Å². The summed E-state index contributed by atoms with van der Waals surface area (Å²) in [6.07, 6.45) is -6.23. The molecule has 186 valence electrons. The largest absolute Gasteiger partial charge is 0.462 e. The van der Waals surface area contributed by atoms with Crippen LogP contribution in [0.25, 0.3) is 0 Å². The Bertz CT molecular complexity index is 1020. The van der Waals surface area contributed by atoms with Crippen LogP contribution in [0.1, 0.15) is 20.8 Å². The Labute approximate surface area is 207 Å². The van der Waals surface area contributed by atoms with Gasteiger partial charge < -0.3 is 29.2 Å². The Kier molecular flexibility index (Phi) is 7.76. The summed E-state index contributed by atoms with van der Waals surface area (Å²) in [7, 11) is -2.87. The van der Waals surface area contributed by atoms with Crippen molar-refractivity contribution in [2.75, 3.05) is 6.61 Å². The summed E-state index contributed by atoms with van der Waals surface area (Å²) in [4.78, 5) is 0. The van der Waals surface area contributed by atoms with Crippen molar-refractivity contribution < 1.29 is 29.2 Å². The highest BCUT2D eigenvalue weighted by Crippen LogP contribution is 2.37. The zero-order valence-electron chi connectivity index (χ0n) is 20.3. The van der Waals surface area contributed by atoms with Crippen LogP contribution in [0.4, 0.5) is 0 Å². The summed E-state index contributed by atoms with van der Waals surface area (Å²) in [6.45, 7) is 6.51. The highest BCUT2D eigenvalue weighted by molar-refractivity contribution is 6.99. The van der Waals surface area contributed by atoms with Crippen molar-refractivity contribution in [3.63, 3.8) is 0 Å². The van der Waals surface area contributed by atoms with Crippen LogP contribution >= 0.6 is 0 Å². The van der Waals surface area contributed by atoms with Gasteiger partial charge >= 0.3 is 0 Å². The van der Waals surface area contributed by atoms with Crippen LogP contribution in [-0.4, -0.2) is 60.9 Å². The monoisotopic (exact) mass is 494 g/mol. The molecule has 0 aliphatic carbocycles. The minimum absolute atomic E-state index is 0.0207. The summed E-state index contributed by atoms with van der Waals surface area (Å²) >= 11 is 0. The minimum atomic E-state index is -2.87. The van der Waals surface area contributed by atoms with Crippen molar-refractivity contribution in [1.29, 1.82) is 0 Å². The van der Waals surface area contributed by atoms with Crippen molar-refractivity contribution in [3.8, 4) is 5.75 Å². The Morgan fingerprint density at radius 1 is 0.714 bits per heavy atom. The fraction of sp³-hybridized carbons (Fsp3) is 0.357. The zero-order valence-corrected chi connectivity index (χ0v) is 21.3. The fourth-order valence-electron chi connectivity index (χ4n) is 4.75. The van der Waals surface area contributed by atoms with Crippen molar-refractivity contribution in [2.24, 2.45) is 0 Å². The average molecular weight is 495 g/mol. The third-order valence-corrected chi connectivity index (χ3v) is 11.5. The molecule has 5 atom stereocenters. The number of hydrogen-bond donors (Lipinski definition) is 3. The van der Waals surface area contributed by atoms with Crippen LogP contribution in [-0.2, 0) is 9.16 Å². The lowest BCUT2D eigenvalue weighted by Gasteiger charge is -2.45. The number of ether oxygens (including phenoxy) is 2. The SMILES string of the molecule is CC(C)(C)[Si](OC[C@H]1O[C@H](Oc2ccccc2)[C@H](O)[C@@H](O)[C@@H]1O)(c1ccccc1)c1ccccc1. The Morgan fingerprint density at radius 2 is 1.20 bits per heavy atom. The fourth-order valence-corrected chi connectivity index (χ4v) is 9.32. The summed E-state index contributed by atoms with van der Waals surface area (Å²) in [5.41, 5.74) is 0. The predicted molar refractivity (Wildman–Crippen MR) is 137 cm³/mol.